The van der Waals surface area contributed by atoms with Gasteiger partial charge in [0.25, 0.3) is 0 Å². The fourth-order valence-electron chi connectivity index (χ4n) is 16.2. The van der Waals surface area contributed by atoms with Gasteiger partial charge in [-0.2, -0.15) is 0 Å². The van der Waals surface area contributed by atoms with Gasteiger partial charge in [0.2, 0.25) is 5.91 Å². The lowest BCUT2D eigenvalue weighted by Gasteiger charge is -2.48. The van der Waals surface area contributed by atoms with Crippen LogP contribution in [0.3, 0.4) is 0 Å². The summed E-state index contributed by atoms with van der Waals surface area (Å²) in [5.41, 5.74) is 0. The van der Waals surface area contributed by atoms with Crippen LogP contribution in [0.2, 0.25) is 0 Å². The van der Waals surface area contributed by atoms with Crippen molar-refractivity contribution < 1.29 is 89.4 Å². The molecule has 3 aliphatic rings. The van der Waals surface area contributed by atoms with Crippen molar-refractivity contribution in [2.45, 2.75) is 523 Å². The lowest BCUT2D eigenvalue weighted by Crippen LogP contribution is -2.66. The van der Waals surface area contributed by atoms with E-state index in [2.05, 4.69) is 43.5 Å². The molecule has 17 atom stereocenters. The third kappa shape index (κ3) is 50.8. The van der Waals surface area contributed by atoms with Gasteiger partial charge in [0, 0.05) is 6.42 Å². The highest BCUT2D eigenvalue weighted by Gasteiger charge is 2.54. The average molecular weight is 1600 g/mol. The number of amides is 1. The summed E-state index contributed by atoms with van der Waals surface area (Å²) in [4.78, 5) is 13.5. The van der Waals surface area contributed by atoms with Crippen LogP contribution in [0.5, 0.6) is 0 Å². The van der Waals surface area contributed by atoms with Gasteiger partial charge in [0.05, 0.1) is 38.6 Å². The van der Waals surface area contributed by atoms with E-state index in [1.165, 1.54) is 340 Å². The molecule has 0 aromatic carbocycles. The Labute approximate surface area is 682 Å². The Bertz CT molecular complexity index is 2160. The van der Waals surface area contributed by atoms with Crippen LogP contribution in [0.1, 0.15) is 418 Å². The van der Waals surface area contributed by atoms with E-state index in [4.69, 9.17) is 28.4 Å². The number of aliphatic hydroxyl groups excluding tert-OH is 11. The maximum atomic E-state index is 13.5. The minimum absolute atomic E-state index is 0.248. The third-order valence-electron chi connectivity index (χ3n) is 23.7. The standard InChI is InChI=1S/C93H175NO18/c1-3-5-7-9-11-13-15-17-19-21-23-25-27-29-31-33-35-37-38-39-41-43-45-47-49-51-53-55-57-59-61-63-65-67-69-71-81(99)94-76(77(98)70-68-66-64-62-60-58-56-54-52-50-48-46-44-42-40-36-34-32-30-28-26-24-22-20-18-16-14-12-10-8-6-4-2)75-107-91-87(105)84(102)89(79(73-96)109-91)112-93-88(106)85(103)90(80(74-97)110-93)111-92-86(104)83(101)82(100)78(72-95)108-92/h15,17,21,23,68,70,76-80,82-93,95-98,100-106H,3-14,16,18-20,22,24-67,69,71-75H2,1-2H3,(H,94,99)/b17-15-,23-21-,70-68+. The first kappa shape index (κ1) is 104. The number of carbonyl (C=O) groups is 1. The molecule has 3 aliphatic heterocycles. The normalized spacial score (nSPS) is 25.0. The zero-order chi connectivity index (χ0) is 81.0. The molecule has 660 valence electrons. The van der Waals surface area contributed by atoms with Crippen LogP contribution >= 0.6 is 0 Å². The maximum Gasteiger partial charge on any atom is 0.220 e. The molecule has 0 aromatic heterocycles. The molecule has 0 aromatic rings. The van der Waals surface area contributed by atoms with E-state index in [0.717, 1.165) is 51.4 Å². The Balaban J connectivity index is 1.31. The predicted molar refractivity (Wildman–Crippen MR) is 453 cm³/mol. The summed E-state index contributed by atoms with van der Waals surface area (Å²) in [5.74, 6) is -0.266. The van der Waals surface area contributed by atoms with Gasteiger partial charge in [0.15, 0.2) is 18.9 Å². The van der Waals surface area contributed by atoms with E-state index in [1.807, 2.05) is 6.08 Å². The summed E-state index contributed by atoms with van der Waals surface area (Å²) in [7, 11) is 0. The Kier molecular flexibility index (Phi) is 67.9. The van der Waals surface area contributed by atoms with Crippen LogP contribution in [0.15, 0.2) is 36.5 Å². The van der Waals surface area contributed by atoms with E-state index in [0.29, 0.717) is 6.42 Å². The molecular formula is C93H175NO18. The summed E-state index contributed by atoms with van der Waals surface area (Å²) >= 11 is 0. The highest BCUT2D eigenvalue weighted by atomic mass is 16.8. The second-order valence-corrected chi connectivity index (χ2v) is 33.8. The second-order valence-electron chi connectivity index (χ2n) is 33.8. The Morgan fingerprint density at radius 2 is 0.589 bits per heavy atom. The molecular weight excluding hydrogens is 1420 g/mol. The quantitative estimate of drug-likeness (QED) is 0.0199. The Hall–Kier alpha value is -1.99. The third-order valence-corrected chi connectivity index (χ3v) is 23.7. The fraction of sp³-hybridized carbons (Fsp3) is 0.925. The molecule has 19 heteroatoms. The first-order valence-electron chi connectivity index (χ1n) is 47.2. The van der Waals surface area contributed by atoms with Gasteiger partial charge in [-0.1, -0.05) is 397 Å². The summed E-state index contributed by atoms with van der Waals surface area (Å²) < 4.78 is 34.6. The molecule has 3 rings (SSSR count). The molecule has 112 heavy (non-hydrogen) atoms. The van der Waals surface area contributed by atoms with Crippen LogP contribution in [-0.4, -0.2) is 193 Å². The lowest BCUT2D eigenvalue weighted by molar-refractivity contribution is -0.379. The molecule has 0 bridgehead atoms. The number of nitrogens with one attached hydrogen (secondary N) is 1. The summed E-state index contributed by atoms with van der Waals surface area (Å²) in [6.45, 7) is 1.80. The maximum absolute atomic E-state index is 13.5. The van der Waals surface area contributed by atoms with Crippen molar-refractivity contribution in [3.05, 3.63) is 36.5 Å². The number of carbonyl (C=O) groups excluding carboxylic acids is 1. The van der Waals surface area contributed by atoms with E-state index in [9.17, 15) is 61.0 Å². The van der Waals surface area contributed by atoms with Crippen LogP contribution in [0.4, 0.5) is 0 Å². The molecule has 0 aliphatic carbocycles. The topological polar surface area (TPSA) is 307 Å². The van der Waals surface area contributed by atoms with Gasteiger partial charge in [-0.3, -0.25) is 4.79 Å². The summed E-state index contributed by atoms with van der Waals surface area (Å²) in [6.07, 6.45) is 67.4. The number of ether oxygens (including phenoxy) is 6. The minimum atomic E-state index is -1.98. The van der Waals surface area contributed by atoms with Crippen molar-refractivity contribution in [1.29, 1.82) is 0 Å². The number of hydrogen-bond donors (Lipinski definition) is 12. The van der Waals surface area contributed by atoms with Gasteiger partial charge in [-0.15, -0.1) is 0 Å². The molecule has 0 spiro atoms. The molecule has 12 N–H and O–H groups in total. The van der Waals surface area contributed by atoms with Crippen LogP contribution in [0, 0.1) is 0 Å². The van der Waals surface area contributed by atoms with Crippen LogP contribution in [-0.2, 0) is 33.2 Å². The zero-order valence-electron chi connectivity index (χ0n) is 71.4. The highest BCUT2D eigenvalue weighted by molar-refractivity contribution is 5.76. The number of hydrogen-bond acceptors (Lipinski definition) is 18. The molecule has 3 saturated heterocycles. The first-order chi connectivity index (χ1) is 54.8. The molecule has 0 saturated carbocycles. The Morgan fingerprint density at radius 3 is 0.911 bits per heavy atom. The van der Waals surface area contributed by atoms with E-state index >= 15 is 0 Å². The van der Waals surface area contributed by atoms with Crippen LogP contribution in [0.25, 0.3) is 0 Å². The Morgan fingerprint density at radius 1 is 0.321 bits per heavy atom. The number of unbranched alkanes of at least 4 members (excludes halogenated alkanes) is 58. The van der Waals surface area contributed by atoms with Crippen LogP contribution < -0.4 is 5.32 Å². The van der Waals surface area contributed by atoms with Gasteiger partial charge >= 0.3 is 0 Å². The first-order valence-corrected chi connectivity index (χ1v) is 47.2. The number of aliphatic hydroxyl groups is 11. The largest absolute Gasteiger partial charge is 0.394 e. The van der Waals surface area contributed by atoms with Gasteiger partial charge in [-0.05, 0) is 51.4 Å². The molecule has 3 heterocycles. The van der Waals surface area contributed by atoms with Crippen molar-refractivity contribution in [3.8, 4) is 0 Å². The van der Waals surface area contributed by atoms with E-state index in [1.54, 1.807) is 6.08 Å². The number of rotatable bonds is 78. The van der Waals surface area contributed by atoms with Gasteiger partial charge in [-0.25, -0.2) is 0 Å². The second kappa shape index (κ2) is 73.0. The fourth-order valence-corrected chi connectivity index (χ4v) is 16.2. The van der Waals surface area contributed by atoms with Crippen molar-refractivity contribution >= 4 is 5.91 Å². The van der Waals surface area contributed by atoms with E-state index in [-0.39, 0.29) is 18.9 Å². The number of allylic oxidation sites excluding steroid dienone is 5. The lowest BCUT2D eigenvalue weighted by atomic mass is 9.96. The zero-order valence-corrected chi connectivity index (χ0v) is 71.4. The SMILES string of the molecule is CCCCCCC/C=C\C/C=C\CCCCCCCCCCCCCCCCCCCCCCCCCC(=O)NC(COC1OC(CO)C(OC2OC(CO)C(OC3OC(CO)C(O)C(O)C3O)C(O)C2O)C(O)C1O)C(O)/C=C/CCCCCCCCCCCCCCCCCCCCCCCCCCCCCCCC. The molecule has 0 radical (unpaired) electrons. The summed E-state index contributed by atoms with van der Waals surface area (Å²) in [5, 5.41) is 121. The monoisotopic (exact) mass is 1590 g/mol. The van der Waals surface area contributed by atoms with E-state index < -0.39 is 124 Å². The summed E-state index contributed by atoms with van der Waals surface area (Å²) in [6, 6.07) is -0.974. The van der Waals surface area contributed by atoms with Crippen molar-refractivity contribution in [1.82, 2.24) is 5.32 Å². The predicted octanol–water partition coefficient (Wildman–Crippen LogP) is 18.6. The molecule has 1 amide bonds. The van der Waals surface area contributed by atoms with Gasteiger partial charge in [0.1, 0.15) is 73.2 Å². The average Bonchev–Trinajstić information content (AvgIpc) is 0.782. The highest BCUT2D eigenvalue weighted by Crippen LogP contribution is 2.34. The minimum Gasteiger partial charge on any atom is -0.394 e. The van der Waals surface area contributed by atoms with Crippen molar-refractivity contribution in [3.63, 3.8) is 0 Å². The van der Waals surface area contributed by atoms with Crippen molar-refractivity contribution in [2.24, 2.45) is 0 Å². The molecule has 17 unspecified atom stereocenters. The molecule has 3 fully saturated rings. The molecule has 19 nitrogen and oxygen atoms in total. The van der Waals surface area contributed by atoms with Gasteiger partial charge < -0.3 is 89.9 Å². The smallest absolute Gasteiger partial charge is 0.220 e. The van der Waals surface area contributed by atoms with Crippen molar-refractivity contribution in [2.75, 3.05) is 26.4 Å².